The first-order valence-electron chi connectivity index (χ1n) is 4.39. The molecular weight excluding hydrogens is 296 g/mol. The number of benzene rings is 1. The molecule has 0 atom stereocenters. The predicted octanol–water partition coefficient (Wildman–Crippen LogP) is 0.657. The van der Waals surface area contributed by atoms with Gasteiger partial charge in [-0.05, 0) is 24.1 Å². The van der Waals surface area contributed by atoms with E-state index in [0.29, 0.717) is 11.1 Å². The first-order valence-corrected chi connectivity index (χ1v) is 7.40. The van der Waals surface area contributed by atoms with E-state index in [2.05, 4.69) is 15.9 Å². The van der Waals surface area contributed by atoms with Crippen molar-refractivity contribution in [1.82, 2.24) is 0 Å². The Morgan fingerprint density at radius 3 is 2.38 bits per heavy atom. The second-order valence-corrected chi connectivity index (χ2v) is 5.95. The van der Waals surface area contributed by atoms with Gasteiger partial charge in [-0.25, -0.2) is 8.42 Å². The van der Waals surface area contributed by atoms with Crippen molar-refractivity contribution in [2.75, 3.05) is 6.26 Å². The predicted molar refractivity (Wildman–Crippen MR) is 61.3 cm³/mol. The van der Waals surface area contributed by atoms with Gasteiger partial charge in [-0.2, -0.15) is 0 Å². The number of carbonyl (C=O) groups is 1. The number of rotatable bonds is 3. The summed E-state index contributed by atoms with van der Waals surface area (Å²) in [5.74, 6) is -1.31. The molecule has 0 spiro atoms. The molecule has 1 aromatic rings. The smallest absolute Gasteiger partial charge is 0.175 e. The van der Waals surface area contributed by atoms with Crippen LogP contribution in [0.4, 0.5) is 0 Å². The van der Waals surface area contributed by atoms with E-state index in [1.807, 2.05) is 0 Å². The molecule has 0 N–H and O–H groups in total. The van der Waals surface area contributed by atoms with Crippen LogP contribution in [-0.4, -0.2) is 20.6 Å². The SMILES string of the molecule is Cc1c(C(=O)[O-])ccc(S(C)(=O)=O)c1CBr. The fourth-order valence-corrected chi connectivity index (χ4v) is 3.36. The third-order valence-corrected chi connectivity index (χ3v) is 4.05. The highest BCUT2D eigenvalue weighted by Gasteiger charge is 2.16. The molecule has 0 aromatic heterocycles. The molecule has 0 aliphatic carbocycles. The molecule has 0 aliphatic heterocycles. The fourth-order valence-electron chi connectivity index (χ4n) is 1.47. The van der Waals surface area contributed by atoms with Crippen molar-refractivity contribution in [1.29, 1.82) is 0 Å². The molecule has 1 aromatic carbocycles. The van der Waals surface area contributed by atoms with Crippen molar-refractivity contribution < 1.29 is 18.3 Å². The minimum absolute atomic E-state index is 0.0156. The van der Waals surface area contributed by atoms with Gasteiger partial charge in [0, 0.05) is 17.1 Å². The van der Waals surface area contributed by atoms with Crippen molar-refractivity contribution in [3.63, 3.8) is 0 Å². The Labute approximate surface area is 102 Å². The second kappa shape index (κ2) is 4.55. The summed E-state index contributed by atoms with van der Waals surface area (Å²) < 4.78 is 22.9. The standard InChI is InChI=1S/C10H11BrO4S/c1-6-7(10(12)13)3-4-9(8(6)5-11)16(2,14)15/h3-4H,5H2,1-2H3,(H,12,13)/p-1. The normalized spacial score (nSPS) is 11.4. The lowest BCUT2D eigenvalue weighted by Crippen LogP contribution is -2.24. The average molecular weight is 306 g/mol. The van der Waals surface area contributed by atoms with Crippen LogP contribution in [0.1, 0.15) is 21.5 Å². The quantitative estimate of drug-likeness (QED) is 0.769. The van der Waals surface area contributed by atoms with Crippen molar-refractivity contribution in [2.45, 2.75) is 17.1 Å². The molecule has 6 heteroatoms. The van der Waals surface area contributed by atoms with E-state index in [1.54, 1.807) is 6.92 Å². The van der Waals surface area contributed by atoms with Gasteiger partial charge in [0.25, 0.3) is 0 Å². The number of aromatic carboxylic acids is 1. The zero-order valence-corrected chi connectivity index (χ0v) is 11.2. The summed E-state index contributed by atoms with van der Waals surface area (Å²) in [5, 5.41) is 11.1. The number of carboxylic acid groups (broad SMARTS) is 1. The molecule has 88 valence electrons. The van der Waals surface area contributed by atoms with E-state index in [9.17, 15) is 18.3 Å². The lowest BCUT2D eigenvalue weighted by atomic mass is 10.0. The third kappa shape index (κ3) is 2.44. The summed E-state index contributed by atoms with van der Waals surface area (Å²) in [6.45, 7) is 1.57. The van der Waals surface area contributed by atoms with Crippen LogP contribution in [-0.2, 0) is 15.2 Å². The van der Waals surface area contributed by atoms with Crippen molar-refractivity contribution in [2.24, 2.45) is 0 Å². The van der Waals surface area contributed by atoms with Gasteiger partial charge in [0.2, 0.25) is 0 Å². The monoisotopic (exact) mass is 305 g/mol. The van der Waals surface area contributed by atoms with Crippen molar-refractivity contribution >= 4 is 31.7 Å². The lowest BCUT2D eigenvalue weighted by molar-refractivity contribution is -0.255. The van der Waals surface area contributed by atoms with Crippen LogP contribution in [0.25, 0.3) is 0 Å². The van der Waals surface area contributed by atoms with Gasteiger partial charge in [0.05, 0.1) is 10.9 Å². The molecule has 0 amide bonds. The van der Waals surface area contributed by atoms with Gasteiger partial charge < -0.3 is 9.90 Å². The van der Waals surface area contributed by atoms with E-state index >= 15 is 0 Å². The van der Waals surface area contributed by atoms with Gasteiger partial charge >= 0.3 is 0 Å². The molecule has 0 aliphatic rings. The van der Waals surface area contributed by atoms with Gasteiger partial charge in [0.15, 0.2) is 9.84 Å². The van der Waals surface area contributed by atoms with Crippen LogP contribution in [0.3, 0.4) is 0 Å². The van der Waals surface area contributed by atoms with E-state index < -0.39 is 15.8 Å². The van der Waals surface area contributed by atoms with E-state index in [-0.39, 0.29) is 15.8 Å². The molecule has 0 saturated heterocycles. The number of alkyl halides is 1. The summed E-state index contributed by atoms with van der Waals surface area (Å²) in [6, 6.07) is 2.55. The number of sulfone groups is 1. The highest BCUT2D eigenvalue weighted by Crippen LogP contribution is 2.24. The molecule has 0 fully saturated rings. The molecule has 0 unspecified atom stereocenters. The zero-order valence-electron chi connectivity index (χ0n) is 8.78. The Morgan fingerprint density at radius 2 is 2.00 bits per heavy atom. The van der Waals surface area contributed by atoms with Crippen molar-refractivity contribution in [3.8, 4) is 0 Å². The molecule has 0 bridgehead atoms. The molecule has 0 saturated carbocycles. The summed E-state index contributed by atoms with van der Waals surface area (Å²) in [5.41, 5.74) is 0.894. The molecule has 4 nitrogen and oxygen atoms in total. The number of hydrogen-bond donors (Lipinski definition) is 0. The first kappa shape index (κ1) is 13.2. The van der Waals surface area contributed by atoms with E-state index in [0.717, 1.165) is 6.26 Å². The maximum Gasteiger partial charge on any atom is 0.175 e. The molecular formula is C10H10BrO4S-. The van der Waals surface area contributed by atoms with Crippen molar-refractivity contribution in [3.05, 3.63) is 28.8 Å². The Balaban J connectivity index is 3.60. The highest BCUT2D eigenvalue weighted by molar-refractivity contribution is 9.08. The van der Waals surface area contributed by atoms with Crippen LogP contribution < -0.4 is 5.11 Å². The van der Waals surface area contributed by atoms with Crippen LogP contribution >= 0.6 is 15.9 Å². The topological polar surface area (TPSA) is 74.3 Å². The van der Waals surface area contributed by atoms with Crippen LogP contribution in [0.15, 0.2) is 17.0 Å². The highest BCUT2D eigenvalue weighted by atomic mass is 79.9. The number of halogens is 1. The Kier molecular flexibility index (Phi) is 3.75. The van der Waals surface area contributed by atoms with Crippen LogP contribution in [0, 0.1) is 6.92 Å². The van der Waals surface area contributed by atoms with E-state index in [1.165, 1.54) is 12.1 Å². The zero-order chi connectivity index (χ0) is 12.5. The fraction of sp³-hybridized carbons (Fsp3) is 0.300. The molecule has 0 heterocycles. The van der Waals surface area contributed by atoms with Gasteiger partial charge in [-0.15, -0.1) is 0 Å². The van der Waals surface area contributed by atoms with Crippen LogP contribution in [0.5, 0.6) is 0 Å². The summed E-state index contributed by atoms with van der Waals surface area (Å²) in [7, 11) is -3.35. The largest absolute Gasteiger partial charge is 0.545 e. The van der Waals surface area contributed by atoms with Gasteiger partial charge in [0.1, 0.15) is 0 Å². The minimum Gasteiger partial charge on any atom is -0.545 e. The maximum absolute atomic E-state index is 11.5. The van der Waals surface area contributed by atoms with Crippen LogP contribution in [0.2, 0.25) is 0 Å². The first-order chi connectivity index (χ1) is 7.29. The van der Waals surface area contributed by atoms with Gasteiger partial charge in [-0.3, -0.25) is 0 Å². The maximum atomic E-state index is 11.5. The Morgan fingerprint density at radius 1 is 1.44 bits per heavy atom. The Hall–Kier alpha value is -0.880. The lowest BCUT2D eigenvalue weighted by Gasteiger charge is -2.14. The number of hydrogen-bond acceptors (Lipinski definition) is 4. The molecule has 1 rings (SSSR count). The second-order valence-electron chi connectivity index (χ2n) is 3.41. The third-order valence-electron chi connectivity index (χ3n) is 2.31. The number of carbonyl (C=O) groups excluding carboxylic acids is 1. The number of carboxylic acids is 1. The molecule has 0 radical (unpaired) electrons. The van der Waals surface area contributed by atoms with Gasteiger partial charge in [-0.1, -0.05) is 22.0 Å². The summed E-state index contributed by atoms with van der Waals surface area (Å²) >= 11 is 3.16. The average Bonchev–Trinajstić information content (AvgIpc) is 2.15. The molecule has 16 heavy (non-hydrogen) atoms. The Bertz CT molecular complexity index is 534. The summed E-state index contributed by atoms with van der Waals surface area (Å²) in [4.78, 5) is 10.9. The summed E-state index contributed by atoms with van der Waals surface area (Å²) in [6.07, 6.45) is 1.09. The minimum atomic E-state index is -3.35. The van der Waals surface area contributed by atoms with E-state index in [4.69, 9.17) is 0 Å².